The maximum absolute atomic E-state index is 12.9. The Morgan fingerprint density at radius 2 is 1.85 bits per heavy atom. The predicted octanol–water partition coefficient (Wildman–Crippen LogP) is 3.48. The molecule has 1 aliphatic rings. The molecule has 1 fully saturated rings. The summed E-state index contributed by atoms with van der Waals surface area (Å²) in [6, 6.07) is 10.7. The van der Waals surface area contributed by atoms with E-state index in [-0.39, 0.29) is 24.6 Å². The van der Waals surface area contributed by atoms with E-state index in [1.54, 1.807) is 12.1 Å². The molecule has 0 aliphatic carbocycles. The molecule has 9 heteroatoms. The number of alkyl halides is 3. The van der Waals surface area contributed by atoms with Gasteiger partial charge in [0.1, 0.15) is 5.75 Å². The minimum atomic E-state index is -4.42. The second kappa shape index (κ2) is 7.49. The van der Waals surface area contributed by atoms with Crippen LogP contribution in [0.1, 0.15) is 17.2 Å². The summed E-state index contributed by atoms with van der Waals surface area (Å²) >= 11 is 0. The number of benzene rings is 2. The second-order valence-electron chi connectivity index (χ2n) is 6.02. The molecule has 0 saturated carbocycles. The van der Waals surface area contributed by atoms with E-state index in [1.807, 2.05) is 0 Å². The zero-order valence-corrected chi connectivity index (χ0v) is 15.3. The van der Waals surface area contributed by atoms with Crippen molar-refractivity contribution in [2.45, 2.75) is 17.2 Å². The first-order valence-electron chi connectivity index (χ1n) is 8.15. The van der Waals surface area contributed by atoms with Gasteiger partial charge in [-0.1, -0.05) is 18.2 Å². The molecule has 0 spiro atoms. The van der Waals surface area contributed by atoms with Crippen molar-refractivity contribution < 1.29 is 31.1 Å². The fraction of sp³-hybridized carbons (Fsp3) is 0.333. The van der Waals surface area contributed by atoms with Crippen LogP contribution in [0.5, 0.6) is 5.75 Å². The molecule has 146 valence electrons. The summed E-state index contributed by atoms with van der Waals surface area (Å²) < 4.78 is 75.8. The van der Waals surface area contributed by atoms with Gasteiger partial charge >= 0.3 is 6.18 Å². The Morgan fingerprint density at radius 1 is 1.15 bits per heavy atom. The van der Waals surface area contributed by atoms with E-state index >= 15 is 0 Å². The standard InChI is InChI=1S/C18H18F3NO4S/c1-25-15-3-2-4-16(11-15)27(23,24)22-9-10-26-17(12-22)13-5-7-14(8-6-13)18(19,20)21/h2-8,11,17H,9-10,12H2,1H3. The first-order chi connectivity index (χ1) is 12.7. The van der Waals surface area contributed by atoms with Crippen LogP contribution in [0.2, 0.25) is 0 Å². The maximum atomic E-state index is 12.9. The molecule has 2 aromatic rings. The zero-order chi connectivity index (χ0) is 19.7. The minimum absolute atomic E-state index is 0.0188. The van der Waals surface area contributed by atoms with Gasteiger partial charge in [-0.2, -0.15) is 17.5 Å². The Bertz CT molecular complexity index is 898. The number of halogens is 3. The highest BCUT2D eigenvalue weighted by atomic mass is 32.2. The Kier molecular flexibility index (Phi) is 5.45. The normalized spacial score (nSPS) is 19.0. The molecule has 3 rings (SSSR count). The lowest BCUT2D eigenvalue weighted by Crippen LogP contribution is -2.42. The van der Waals surface area contributed by atoms with Gasteiger partial charge in [-0.15, -0.1) is 0 Å². The summed E-state index contributed by atoms with van der Waals surface area (Å²) in [6.07, 6.45) is -5.06. The van der Waals surface area contributed by atoms with Crippen LogP contribution >= 0.6 is 0 Å². The summed E-state index contributed by atoms with van der Waals surface area (Å²) in [5.74, 6) is 0.420. The Hall–Kier alpha value is -2.10. The van der Waals surface area contributed by atoms with Crippen LogP contribution in [0.3, 0.4) is 0 Å². The van der Waals surface area contributed by atoms with E-state index in [2.05, 4.69) is 0 Å². The monoisotopic (exact) mass is 401 g/mol. The molecule has 1 saturated heterocycles. The van der Waals surface area contributed by atoms with Crippen molar-refractivity contribution in [3.63, 3.8) is 0 Å². The molecule has 2 aromatic carbocycles. The van der Waals surface area contributed by atoms with Crippen molar-refractivity contribution in [2.24, 2.45) is 0 Å². The molecule has 0 bridgehead atoms. The third-order valence-electron chi connectivity index (χ3n) is 4.32. The largest absolute Gasteiger partial charge is 0.497 e. The average Bonchev–Trinajstić information content (AvgIpc) is 2.67. The number of hydrogen-bond donors (Lipinski definition) is 0. The number of methoxy groups -OCH3 is 1. The van der Waals surface area contributed by atoms with E-state index in [4.69, 9.17) is 9.47 Å². The number of rotatable bonds is 4. The highest BCUT2D eigenvalue weighted by molar-refractivity contribution is 7.89. The number of morpholine rings is 1. The van der Waals surface area contributed by atoms with Gasteiger partial charge in [-0.25, -0.2) is 8.42 Å². The first-order valence-corrected chi connectivity index (χ1v) is 9.59. The summed E-state index contributed by atoms with van der Waals surface area (Å²) in [7, 11) is -2.33. The van der Waals surface area contributed by atoms with Crippen LogP contribution in [0.15, 0.2) is 53.4 Å². The fourth-order valence-corrected chi connectivity index (χ4v) is 4.30. The van der Waals surface area contributed by atoms with Crippen molar-refractivity contribution in [1.29, 1.82) is 0 Å². The highest BCUT2D eigenvalue weighted by Gasteiger charge is 2.33. The lowest BCUT2D eigenvalue weighted by molar-refractivity contribution is -0.137. The molecule has 0 aromatic heterocycles. The number of nitrogens with zero attached hydrogens (tertiary/aromatic N) is 1. The fourth-order valence-electron chi connectivity index (χ4n) is 2.84. The summed E-state index contributed by atoms with van der Waals surface area (Å²) in [5, 5.41) is 0. The number of ether oxygens (including phenoxy) is 2. The molecule has 1 atom stereocenters. The second-order valence-corrected chi connectivity index (χ2v) is 7.96. The van der Waals surface area contributed by atoms with Crippen molar-refractivity contribution in [1.82, 2.24) is 4.31 Å². The lowest BCUT2D eigenvalue weighted by atomic mass is 10.1. The van der Waals surface area contributed by atoms with Gasteiger partial charge in [-0.05, 0) is 29.8 Å². The van der Waals surface area contributed by atoms with Crippen LogP contribution < -0.4 is 4.74 Å². The van der Waals surface area contributed by atoms with Gasteiger partial charge < -0.3 is 9.47 Å². The topological polar surface area (TPSA) is 55.8 Å². The molecule has 0 amide bonds. The summed E-state index contributed by atoms with van der Waals surface area (Å²) in [5.41, 5.74) is -0.267. The molecule has 1 heterocycles. The zero-order valence-electron chi connectivity index (χ0n) is 14.4. The van der Waals surface area contributed by atoms with Crippen LogP contribution in [0.25, 0.3) is 0 Å². The third kappa shape index (κ3) is 4.26. The van der Waals surface area contributed by atoms with Crippen molar-refractivity contribution in [3.8, 4) is 5.75 Å². The van der Waals surface area contributed by atoms with E-state index < -0.39 is 27.9 Å². The van der Waals surface area contributed by atoms with Crippen LogP contribution in [-0.4, -0.2) is 39.5 Å². The Morgan fingerprint density at radius 3 is 2.48 bits per heavy atom. The van der Waals surface area contributed by atoms with Crippen molar-refractivity contribution in [3.05, 3.63) is 59.7 Å². The van der Waals surface area contributed by atoms with Gasteiger partial charge in [0, 0.05) is 19.2 Å². The lowest BCUT2D eigenvalue weighted by Gasteiger charge is -2.32. The van der Waals surface area contributed by atoms with Gasteiger partial charge in [0.05, 0.1) is 30.3 Å². The van der Waals surface area contributed by atoms with E-state index in [0.29, 0.717) is 11.3 Å². The minimum Gasteiger partial charge on any atom is -0.497 e. The summed E-state index contributed by atoms with van der Waals surface area (Å²) in [4.78, 5) is 0.0925. The molecule has 1 unspecified atom stereocenters. The Balaban J connectivity index is 1.81. The third-order valence-corrected chi connectivity index (χ3v) is 6.18. The van der Waals surface area contributed by atoms with Crippen molar-refractivity contribution in [2.75, 3.05) is 26.8 Å². The predicted molar refractivity (Wildman–Crippen MR) is 91.9 cm³/mol. The molecule has 27 heavy (non-hydrogen) atoms. The maximum Gasteiger partial charge on any atom is 0.416 e. The van der Waals surface area contributed by atoms with Crippen LogP contribution in [-0.2, 0) is 20.9 Å². The quantitative estimate of drug-likeness (QED) is 0.787. The van der Waals surface area contributed by atoms with E-state index in [0.717, 1.165) is 12.1 Å². The van der Waals surface area contributed by atoms with Gasteiger partial charge in [0.25, 0.3) is 0 Å². The smallest absolute Gasteiger partial charge is 0.416 e. The van der Waals surface area contributed by atoms with Crippen LogP contribution in [0.4, 0.5) is 13.2 Å². The summed E-state index contributed by atoms with van der Waals surface area (Å²) in [6.45, 7) is 0.330. The van der Waals surface area contributed by atoms with Crippen molar-refractivity contribution >= 4 is 10.0 Å². The van der Waals surface area contributed by atoms with E-state index in [9.17, 15) is 21.6 Å². The van der Waals surface area contributed by atoms with E-state index in [1.165, 1.54) is 35.7 Å². The molecular weight excluding hydrogens is 383 g/mol. The number of sulfonamides is 1. The molecular formula is C18H18F3NO4S. The van der Waals surface area contributed by atoms with Crippen LogP contribution in [0, 0.1) is 0 Å². The highest BCUT2D eigenvalue weighted by Crippen LogP contribution is 2.32. The molecule has 0 N–H and O–H groups in total. The molecule has 5 nitrogen and oxygen atoms in total. The number of hydrogen-bond acceptors (Lipinski definition) is 4. The Labute approximate surface area is 155 Å². The van der Waals surface area contributed by atoms with Gasteiger partial charge in [-0.3, -0.25) is 0 Å². The van der Waals surface area contributed by atoms with Gasteiger partial charge in [0.2, 0.25) is 10.0 Å². The molecule has 1 aliphatic heterocycles. The average molecular weight is 401 g/mol. The molecule has 0 radical (unpaired) electrons. The first kappa shape index (κ1) is 19.7. The SMILES string of the molecule is COc1cccc(S(=O)(=O)N2CCOC(c3ccc(C(F)(F)F)cc3)C2)c1. The van der Waals surface area contributed by atoms with Gasteiger partial charge in [0.15, 0.2) is 0 Å².